The lowest BCUT2D eigenvalue weighted by Crippen LogP contribution is -2.60. The minimum atomic E-state index is -1.95. The zero-order valence-corrected chi connectivity index (χ0v) is 16.9. The van der Waals surface area contributed by atoms with Crippen molar-refractivity contribution in [2.24, 2.45) is 16.7 Å². The van der Waals surface area contributed by atoms with Gasteiger partial charge in [0.05, 0.1) is 37.8 Å². The zero-order chi connectivity index (χ0) is 21.6. The van der Waals surface area contributed by atoms with Gasteiger partial charge in [-0.05, 0) is 37.5 Å². The summed E-state index contributed by atoms with van der Waals surface area (Å²) in [6.45, 7) is 2.30. The summed E-state index contributed by atoms with van der Waals surface area (Å²) in [5, 5.41) is 39.3. The van der Waals surface area contributed by atoms with E-state index in [-0.39, 0.29) is 5.90 Å². The summed E-state index contributed by atoms with van der Waals surface area (Å²) in [5.74, 6) is -1.12. The number of nitrogens with zero attached hydrogens (tertiary/aromatic N) is 3. The number of rotatable bonds is 4. The van der Waals surface area contributed by atoms with Crippen LogP contribution in [0.3, 0.4) is 0 Å². The third kappa shape index (κ3) is 2.24. The molecule has 30 heavy (non-hydrogen) atoms. The maximum absolute atomic E-state index is 10.3. The van der Waals surface area contributed by atoms with Crippen LogP contribution in [0.4, 0.5) is 0 Å². The van der Waals surface area contributed by atoms with Crippen molar-refractivity contribution >= 4 is 5.90 Å². The normalized spacial score (nSPS) is 33.2. The van der Waals surface area contributed by atoms with Crippen LogP contribution in [0, 0.1) is 56.2 Å². The number of hydrogen-bond donors (Lipinski definition) is 1. The molecule has 4 rings (SSSR count). The van der Waals surface area contributed by atoms with Crippen LogP contribution in [0.2, 0.25) is 0 Å². The van der Waals surface area contributed by atoms with E-state index < -0.39 is 28.6 Å². The molecular weight excluding hydrogens is 384 g/mol. The van der Waals surface area contributed by atoms with Gasteiger partial charge in [-0.2, -0.15) is 15.8 Å². The molecule has 1 N–H and O–H groups in total. The van der Waals surface area contributed by atoms with Crippen LogP contribution in [0.15, 0.2) is 18.2 Å². The standard InChI is InChI=1S/C22H22N4O4/c1-3-28-15-8-7-14(10-16(15)27-2)18-20(11-23,12-24)21(13-25)17-6-4-5-9-22(17,29-18)30-19(21)26/h7-8,10,17-18,26H,3-6,9H2,1-2H3/t17-,18+,21+,22+/m0/s1. The highest BCUT2D eigenvalue weighted by Gasteiger charge is 2.80. The third-order valence-corrected chi connectivity index (χ3v) is 6.61. The van der Waals surface area contributed by atoms with Crippen molar-refractivity contribution in [3.05, 3.63) is 23.8 Å². The van der Waals surface area contributed by atoms with Crippen LogP contribution >= 0.6 is 0 Å². The van der Waals surface area contributed by atoms with E-state index in [1.54, 1.807) is 18.2 Å². The van der Waals surface area contributed by atoms with E-state index in [1.165, 1.54) is 7.11 Å². The van der Waals surface area contributed by atoms with Gasteiger partial charge in [0.15, 0.2) is 16.9 Å². The average molecular weight is 406 g/mol. The summed E-state index contributed by atoms with van der Waals surface area (Å²) in [6, 6.07) is 11.4. The summed E-state index contributed by atoms with van der Waals surface area (Å²) >= 11 is 0. The lowest BCUT2D eigenvalue weighted by atomic mass is 9.51. The number of nitriles is 3. The van der Waals surface area contributed by atoms with E-state index >= 15 is 0 Å². The molecule has 0 aromatic heterocycles. The molecule has 1 aromatic rings. The first-order chi connectivity index (χ1) is 14.5. The largest absolute Gasteiger partial charge is 0.493 e. The Balaban J connectivity index is 1.94. The van der Waals surface area contributed by atoms with Crippen LogP contribution < -0.4 is 9.47 Å². The van der Waals surface area contributed by atoms with Crippen molar-refractivity contribution in [1.82, 2.24) is 0 Å². The van der Waals surface area contributed by atoms with Crippen molar-refractivity contribution < 1.29 is 18.9 Å². The van der Waals surface area contributed by atoms with Crippen LogP contribution in [-0.2, 0) is 9.47 Å². The van der Waals surface area contributed by atoms with Crippen LogP contribution in [-0.4, -0.2) is 25.4 Å². The number of ether oxygens (including phenoxy) is 4. The smallest absolute Gasteiger partial charge is 0.217 e. The van der Waals surface area contributed by atoms with Crippen molar-refractivity contribution in [1.29, 1.82) is 21.2 Å². The zero-order valence-electron chi connectivity index (χ0n) is 16.9. The number of nitrogens with one attached hydrogen (secondary N) is 1. The lowest BCUT2D eigenvalue weighted by Gasteiger charge is -2.51. The molecule has 0 amide bonds. The fourth-order valence-corrected chi connectivity index (χ4v) is 5.28. The van der Waals surface area contributed by atoms with E-state index in [4.69, 9.17) is 24.4 Å². The van der Waals surface area contributed by atoms with E-state index in [0.29, 0.717) is 36.5 Å². The van der Waals surface area contributed by atoms with Gasteiger partial charge >= 0.3 is 0 Å². The van der Waals surface area contributed by atoms with Gasteiger partial charge in [-0.25, -0.2) is 0 Å². The number of benzene rings is 1. The second-order valence-electron chi connectivity index (χ2n) is 7.83. The van der Waals surface area contributed by atoms with Crippen molar-refractivity contribution in [3.63, 3.8) is 0 Å². The predicted molar refractivity (Wildman–Crippen MR) is 103 cm³/mol. The minimum Gasteiger partial charge on any atom is -0.493 e. The fourth-order valence-electron chi connectivity index (χ4n) is 5.28. The molecule has 4 atom stereocenters. The molecule has 1 aromatic carbocycles. The van der Waals surface area contributed by atoms with Crippen LogP contribution in [0.25, 0.3) is 0 Å². The molecule has 0 unspecified atom stereocenters. The Hall–Kier alpha value is -3.28. The summed E-state index contributed by atoms with van der Waals surface area (Å²) in [6.07, 6.45) is 1.61. The first-order valence-electron chi connectivity index (χ1n) is 9.99. The topological polar surface area (TPSA) is 132 Å². The Labute approximate surface area is 175 Å². The lowest BCUT2D eigenvalue weighted by molar-refractivity contribution is -0.294. The van der Waals surface area contributed by atoms with Crippen molar-refractivity contribution in [3.8, 4) is 29.7 Å². The Morgan fingerprint density at radius 2 is 1.93 bits per heavy atom. The molecule has 0 radical (unpaired) electrons. The van der Waals surface area contributed by atoms with E-state index in [2.05, 4.69) is 18.2 Å². The summed E-state index contributed by atoms with van der Waals surface area (Å²) < 4.78 is 23.3. The van der Waals surface area contributed by atoms with E-state index in [1.807, 2.05) is 6.92 Å². The van der Waals surface area contributed by atoms with Crippen molar-refractivity contribution in [2.75, 3.05) is 13.7 Å². The molecule has 8 nitrogen and oxygen atoms in total. The molecule has 0 spiro atoms. The molecule has 1 aliphatic carbocycles. The summed E-state index contributed by atoms with van der Waals surface area (Å²) in [7, 11) is 1.50. The Morgan fingerprint density at radius 1 is 1.17 bits per heavy atom. The second kappa shape index (κ2) is 6.90. The van der Waals surface area contributed by atoms with E-state index in [9.17, 15) is 15.8 Å². The Morgan fingerprint density at radius 3 is 2.57 bits per heavy atom. The highest BCUT2D eigenvalue weighted by molar-refractivity contribution is 5.89. The molecule has 2 heterocycles. The van der Waals surface area contributed by atoms with Gasteiger partial charge in [0.1, 0.15) is 6.10 Å². The molecule has 154 valence electrons. The first kappa shape index (κ1) is 20.0. The average Bonchev–Trinajstić information content (AvgIpc) is 2.98. The molecule has 3 fully saturated rings. The van der Waals surface area contributed by atoms with Gasteiger partial charge < -0.3 is 18.9 Å². The molecule has 2 bridgehead atoms. The Kier molecular flexibility index (Phi) is 4.60. The van der Waals surface area contributed by atoms with E-state index in [0.717, 1.165) is 12.8 Å². The SMILES string of the molecule is CCOc1ccc([C@H]2O[C@@]34CCCC[C@H]3[C@](C#N)(C(=N)O4)C2(C#N)C#N)cc1OC. The third-order valence-electron chi connectivity index (χ3n) is 6.61. The molecule has 2 saturated heterocycles. The first-order valence-corrected chi connectivity index (χ1v) is 9.99. The Bertz CT molecular complexity index is 1010. The highest BCUT2D eigenvalue weighted by atomic mass is 16.7. The fraction of sp³-hybridized carbons (Fsp3) is 0.545. The molecule has 2 aliphatic heterocycles. The maximum Gasteiger partial charge on any atom is 0.217 e. The van der Waals surface area contributed by atoms with Crippen LogP contribution in [0.1, 0.15) is 44.3 Å². The molecule has 3 aliphatic rings. The van der Waals surface area contributed by atoms with Crippen LogP contribution in [0.5, 0.6) is 11.5 Å². The monoisotopic (exact) mass is 406 g/mol. The second-order valence-corrected chi connectivity index (χ2v) is 7.83. The minimum absolute atomic E-state index is 0.347. The van der Waals surface area contributed by atoms with Gasteiger partial charge in [0.2, 0.25) is 17.1 Å². The number of methoxy groups -OCH3 is 1. The molecular formula is C22H22N4O4. The molecule has 8 heteroatoms. The van der Waals surface area contributed by atoms with Gasteiger partial charge in [0.25, 0.3) is 0 Å². The van der Waals surface area contributed by atoms with Crippen molar-refractivity contribution in [2.45, 2.75) is 44.5 Å². The van der Waals surface area contributed by atoms with Gasteiger partial charge in [-0.15, -0.1) is 0 Å². The maximum atomic E-state index is 10.3. The summed E-state index contributed by atoms with van der Waals surface area (Å²) in [5.41, 5.74) is -3.15. The molecule has 1 saturated carbocycles. The quantitative estimate of drug-likeness (QED) is 0.807. The van der Waals surface area contributed by atoms with Gasteiger partial charge in [0, 0.05) is 6.42 Å². The van der Waals surface area contributed by atoms with Gasteiger partial charge in [-0.1, -0.05) is 12.5 Å². The van der Waals surface area contributed by atoms with Gasteiger partial charge in [-0.3, -0.25) is 5.41 Å². The highest BCUT2D eigenvalue weighted by Crippen LogP contribution is 2.69. The predicted octanol–water partition coefficient (Wildman–Crippen LogP) is 3.60. The number of hydrogen-bond acceptors (Lipinski definition) is 8. The summed E-state index contributed by atoms with van der Waals surface area (Å²) in [4.78, 5) is 0.